The number of methoxy groups -OCH3 is 1. The molecule has 0 N–H and O–H groups in total. The van der Waals surface area contributed by atoms with Crippen molar-refractivity contribution in [2.24, 2.45) is 0 Å². The quantitative estimate of drug-likeness (QED) is 0.848. The Bertz CT molecular complexity index is 640. The summed E-state index contributed by atoms with van der Waals surface area (Å²) < 4.78 is 6.11. The molecular weight excluding hydrogens is 318 g/mol. The molecule has 0 bridgehead atoms. The highest BCUT2D eigenvalue weighted by molar-refractivity contribution is 9.10. The third kappa shape index (κ3) is 3.02. The average molecular weight is 334 g/mol. The van der Waals surface area contributed by atoms with E-state index >= 15 is 0 Å². The first-order chi connectivity index (χ1) is 9.52. The number of ether oxygens (including phenoxy) is 1. The Kier molecular flexibility index (Phi) is 4.45. The Morgan fingerprint density at radius 2 is 1.95 bits per heavy atom. The topological polar surface area (TPSA) is 29.5 Å². The molecule has 0 spiro atoms. The van der Waals surface area contributed by atoms with Gasteiger partial charge in [0.25, 0.3) is 5.91 Å². The van der Waals surface area contributed by atoms with Gasteiger partial charge in [-0.3, -0.25) is 4.79 Å². The summed E-state index contributed by atoms with van der Waals surface area (Å²) in [4.78, 5) is 14.1. The van der Waals surface area contributed by atoms with Crippen molar-refractivity contribution in [2.75, 3.05) is 19.1 Å². The van der Waals surface area contributed by atoms with E-state index in [9.17, 15) is 4.79 Å². The van der Waals surface area contributed by atoms with Crippen LogP contribution in [0.2, 0.25) is 0 Å². The van der Waals surface area contributed by atoms with Crippen LogP contribution in [-0.2, 0) is 0 Å². The molecule has 2 rings (SSSR count). The van der Waals surface area contributed by atoms with Crippen molar-refractivity contribution < 1.29 is 9.53 Å². The first kappa shape index (κ1) is 14.6. The number of benzene rings is 2. The van der Waals surface area contributed by atoms with Crippen LogP contribution in [0, 0.1) is 6.92 Å². The van der Waals surface area contributed by atoms with Gasteiger partial charge >= 0.3 is 0 Å². The van der Waals surface area contributed by atoms with E-state index in [-0.39, 0.29) is 5.91 Å². The van der Waals surface area contributed by atoms with Crippen molar-refractivity contribution in [2.45, 2.75) is 6.92 Å². The maximum absolute atomic E-state index is 12.5. The second-order valence-electron chi connectivity index (χ2n) is 4.53. The first-order valence-electron chi connectivity index (χ1n) is 6.21. The van der Waals surface area contributed by atoms with Gasteiger partial charge in [0.15, 0.2) is 0 Å². The molecule has 0 fully saturated rings. The van der Waals surface area contributed by atoms with Crippen molar-refractivity contribution >= 4 is 27.5 Å². The van der Waals surface area contributed by atoms with Crippen LogP contribution < -0.4 is 9.64 Å². The zero-order chi connectivity index (χ0) is 14.7. The molecule has 0 radical (unpaired) electrons. The minimum absolute atomic E-state index is 0.0565. The van der Waals surface area contributed by atoms with E-state index in [2.05, 4.69) is 15.9 Å². The summed E-state index contributed by atoms with van der Waals surface area (Å²) in [6.07, 6.45) is 0. The molecule has 0 atom stereocenters. The molecule has 0 aliphatic carbocycles. The van der Waals surface area contributed by atoms with Gasteiger partial charge in [-0.2, -0.15) is 0 Å². The third-order valence-electron chi connectivity index (χ3n) is 3.16. The number of aryl methyl sites for hydroxylation is 1. The number of anilines is 1. The fourth-order valence-electron chi connectivity index (χ4n) is 1.86. The minimum Gasteiger partial charge on any atom is -0.497 e. The fraction of sp³-hybridized carbons (Fsp3) is 0.188. The number of hydrogen-bond acceptors (Lipinski definition) is 2. The van der Waals surface area contributed by atoms with E-state index < -0.39 is 0 Å². The van der Waals surface area contributed by atoms with Crippen molar-refractivity contribution in [3.8, 4) is 5.75 Å². The Morgan fingerprint density at radius 3 is 2.60 bits per heavy atom. The predicted molar refractivity (Wildman–Crippen MR) is 84.6 cm³/mol. The monoisotopic (exact) mass is 333 g/mol. The predicted octanol–water partition coefficient (Wildman–Crippen LogP) is 4.04. The largest absolute Gasteiger partial charge is 0.497 e. The summed E-state index contributed by atoms with van der Waals surface area (Å²) in [6, 6.07) is 13.0. The zero-order valence-corrected chi connectivity index (χ0v) is 13.3. The SMILES string of the molecule is COc1cccc(N(C)C(=O)c2ccc(C)c(Br)c2)c1. The van der Waals surface area contributed by atoms with E-state index in [4.69, 9.17) is 4.74 Å². The number of rotatable bonds is 3. The lowest BCUT2D eigenvalue weighted by atomic mass is 10.1. The van der Waals surface area contributed by atoms with Crippen LogP contribution in [0.4, 0.5) is 5.69 Å². The summed E-state index contributed by atoms with van der Waals surface area (Å²) in [5.74, 6) is 0.672. The van der Waals surface area contributed by atoms with Crippen LogP contribution in [-0.4, -0.2) is 20.1 Å². The standard InChI is InChI=1S/C16H16BrNO2/c1-11-7-8-12(9-15(11)17)16(19)18(2)13-5-4-6-14(10-13)20-3/h4-10H,1-3H3. The first-order valence-corrected chi connectivity index (χ1v) is 7.00. The molecule has 0 saturated carbocycles. The van der Waals surface area contributed by atoms with Gasteiger partial charge in [-0.25, -0.2) is 0 Å². The summed E-state index contributed by atoms with van der Waals surface area (Å²) in [5, 5.41) is 0. The number of carbonyl (C=O) groups is 1. The van der Waals surface area contributed by atoms with Crippen LogP contribution in [0.1, 0.15) is 15.9 Å². The van der Waals surface area contributed by atoms with Crippen LogP contribution in [0.25, 0.3) is 0 Å². The molecule has 3 nitrogen and oxygen atoms in total. The maximum atomic E-state index is 12.5. The number of amides is 1. The van der Waals surface area contributed by atoms with E-state index in [1.54, 1.807) is 19.1 Å². The molecule has 0 aliphatic heterocycles. The van der Waals surface area contributed by atoms with Gasteiger partial charge in [0, 0.05) is 28.8 Å². The molecule has 0 aliphatic rings. The van der Waals surface area contributed by atoms with Crippen LogP contribution >= 0.6 is 15.9 Å². The zero-order valence-electron chi connectivity index (χ0n) is 11.7. The Hall–Kier alpha value is -1.81. The molecule has 0 saturated heterocycles. The molecule has 2 aromatic rings. The van der Waals surface area contributed by atoms with Crippen molar-refractivity contribution in [1.82, 2.24) is 0 Å². The molecule has 0 unspecified atom stereocenters. The summed E-state index contributed by atoms with van der Waals surface area (Å²) in [5.41, 5.74) is 2.55. The van der Waals surface area contributed by atoms with Gasteiger partial charge in [-0.05, 0) is 36.8 Å². The average Bonchev–Trinajstić information content (AvgIpc) is 2.48. The van der Waals surface area contributed by atoms with Crippen molar-refractivity contribution in [3.05, 3.63) is 58.1 Å². The highest BCUT2D eigenvalue weighted by Crippen LogP contribution is 2.23. The summed E-state index contributed by atoms with van der Waals surface area (Å²) in [7, 11) is 3.36. The van der Waals surface area contributed by atoms with Crippen molar-refractivity contribution in [3.63, 3.8) is 0 Å². The van der Waals surface area contributed by atoms with Gasteiger partial charge in [0.1, 0.15) is 5.75 Å². The molecule has 104 valence electrons. The minimum atomic E-state index is -0.0565. The van der Waals surface area contributed by atoms with E-state index in [1.807, 2.05) is 49.4 Å². The molecule has 0 aromatic heterocycles. The van der Waals surface area contributed by atoms with Crippen LogP contribution in [0.3, 0.4) is 0 Å². The Morgan fingerprint density at radius 1 is 1.20 bits per heavy atom. The molecule has 1 amide bonds. The van der Waals surface area contributed by atoms with Gasteiger partial charge in [-0.1, -0.05) is 28.1 Å². The number of halogens is 1. The Labute approximate surface area is 127 Å². The number of carbonyl (C=O) groups excluding carboxylic acids is 1. The normalized spacial score (nSPS) is 10.2. The molecule has 2 aromatic carbocycles. The molecule has 20 heavy (non-hydrogen) atoms. The highest BCUT2D eigenvalue weighted by atomic mass is 79.9. The summed E-state index contributed by atoms with van der Waals surface area (Å²) >= 11 is 3.45. The molecule has 4 heteroatoms. The maximum Gasteiger partial charge on any atom is 0.258 e. The number of nitrogens with zero attached hydrogens (tertiary/aromatic N) is 1. The Balaban J connectivity index is 2.29. The van der Waals surface area contributed by atoms with Gasteiger partial charge in [0.2, 0.25) is 0 Å². The second-order valence-corrected chi connectivity index (χ2v) is 5.38. The van der Waals surface area contributed by atoms with E-state index in [0.29, 0.717) is 5.56 Å². The van der Waals surface area contributed by atoms with Crippen LogP contribution in [0.15, 0.2) is 46.9 Å². The lowest BCUT2D eigenvalue weighted by molar-refractivity contribution is 0.0993. The van der Waals surface area contributed by atoms with E-state index in [0.717, 1.165) is 21.5 Å². The molecular formula is C16H16BrNO2. The lowest BCUT2D eigenvalue weighted by Gasteiger charge is -2.18. The van der Waals surface area contributed by atoms with Crippen LogP contribution in [0.5, 0.6) is 5.75 Å². The lowest BCUT2D eigenvalue weighted by Crippen LogP contribution is -2.26. The van der Waals surface area contributed by atoms with Gasteiger partial charge in [0.05, 0.1) is 7.11 Å². The third-order valence-corrected chi connectivity index (χ3v) is 4.02. The highest BCUT2D eigenvalue weighted by Gasteiger charge is 2.14. The number of hydrogen-bond donors (Lipinski definition) is 0. The summed E-state index contributed by atoms with van der Waals surface area (Å²) in [6.45, 7) is 1.99. The second kappa shape index (κ2) is 6.09. The smallest absolute Gasteiger partial charge is 0.258 e. The van der Waals surface area contributed by atoms with Gasteiger partial charge < -0.3 is 9.64 Å². The van der Waals surface area contributed by atoms with Gasteiger partial charge in [-0.15, -0.1) is 0 Å². The van der Waals surface area contributed by atoms with Crippen molar-refractivity contribution in [1.29, 1.82) is 0 Å². The van der Waals surface area contributed by atoms with E-state index in [1.165, 1.54) is 0 Å². The fourth-order valence-corrected chi connectivity index (χ4v) is 2.23. The molecule has 0 heterocycles.